The number of methoxy groups -OCH3 is 1. The van der Waals surface area contributed by atoms with Crippen molar-refractivity contribution in [2.24, 2.45) is 0 Å². The molecule has 0 saturated carbocycles. The largest absolute Gasteiger partial charge is 0.508 e. The Balaban J connectivity index is 2.04. The number of ether oxygens (including phenoxy) is 1. The Hall–Kier alpha value is -1.84. The predicted molar refractivity (Wildman–Crippen MR) is 85.7 cm³/mol. The first-order chi connectivity index (χ1) is 10.3. The number of hydrogen-bond acceptors (Lipinski definition) is 3. The second-order valence-electron chi connectivity index (χ2n) is 5.18. The number of phenols is 1. The van der Waals surface area contributed by atoms with Crippen molar-refractivity contribution in [2.45, 2.75) is 12.3 Å². The molecule has 0 spiro atoms. The molecule has 112 valence electrons. The average molecular weight is 285 g/mol. The lowest BCUT2D eigenvalue weighted by Gasteiger charge is -2.18. The van der Waals surface area contributed by atoms with Gasteiger partial charge in [-0.2, -0.15) is 0 Å². The van der Waals surface area contributed by atoms with E-state index in [9.17, 15) is 5.11 Å². The summed E-state index contributed by atoms with van der Waals surface area (Å²) in [7, 11) is 1.71. The van der Waals surface area contributed by atoms with Crippen molar-refractivity contribution in [3.63, 3.8) is 0 Å². The van der Waals surface area contributed by atoms with Gasteiger partial charge in [0.15, 0.2) is 0 Å². The van der Waals surface area contributed by atoms with Crippen LogP contribution < -0.4 is 5.32 Å². The molecule has 2 aromatic carbocycles. The zero-order chi connectivity index (χ0) is 14.9. The standard InChI is InChI=1S/C18H23NO2/c1-21-11-10-19-14-17(16-7-3-2-4-8-16)12-15-6-5-9-18(20)13-15/h2-9,13,17,19-20H,10-12,14H2,1H3. The van der Waals surface area contributed by atoms with Crippen molar-refractivity contribution in [2.75, 3.05) is 26.8 Å². The van der Waals surface area contributed by atoms with Crippen LogP contribution in [0.4, 0.5) is 0 Å². The Morgan fingerprint density at radius 2 is 1.90 bits per heavy atom. The summed E-state index contributed by atoms with van der Waals surface area (Å²) in [6.07, 6.45) is 0.901. The maximum atomic E-state index is 9.61. The quantitative estimate of drug-likeness (QED) is 0.733. The molecule has 0 radical (unpaired) electrons. The second-order valence-corrected chi connectivity index (χ2v) is 5.18. The summed E-state index contributed by atoms with van der Waals surface area (Å²) in [4.78, 5) is 0. The zero-order valence-corrected chi connectivity index (χ0v) is 12.5. The highest BCUT2D eigenvalue weighted by atomic mass is 16.5. The predicted octanol–water partition coefficient (Wildman–Crippen LogP) is 2.95. The van der Waals surface area contributed by atoms with E-state index < -0.39 is 0 Å². The topological polar surface area (TPSA) is 41.5 Å². The molecule has 3 heteroatoms. The number of rotatable bonds is 8. The monoisotopic (exact) mass is 285 g/mol. The SMILES string of the molecule is COCCNCC(Cc1cccc(O)c1)c1ccccc1. The lowest BCUT2D eigenvalue weighted by Crippen LogP contribution is -2.26. The molecular formula is C18H23NO2. The number of aromatic hydroxyl groups is 1. The van der Waals surface area contributed by atoms with Gasteiger partial charge in [-0.05, 0) is 29.7 Å². The van der Waals surface area contributed by atoms with Crippen LogP contribution in [0.5, 0.6) is 5.75 Å². The van der Waals surface area contributed by atoms with Crippen LogP contribution in [0.25, 0.3) is 0 Å². The van der Waals surface area contributed by atoms with Crippen molar-refractivity contribution < 1.29 is 9.84 Å². The van der Waals surface area contributed by atoms with Crippen LogP contribution in [-0.2, 0) is 11.2 Å². The molecule has 0 fully saturated rings. The molecule has 0 saturated heterocycles. The molecule has 21 heavy (non-hydrogen) atoms. The molecule has 0 aromatic heterocycles. The second kappa shape index (κ2) is 8.45. The van der Waals surface area contributed by atoms with Crippen LogP contribution in [0.3, 0.4) is 0 Å². The minimum absolute atomic E-state index is 0.326. The molecular weight excluding hydrogens is 262 g/mol. The molecule has 0 heterocycles. The fraction of sp³-hybridized carbons (Fsp3) is 0.333. The van der Waals surface area contributed by atoms with Crippen LogP contribution in [0.15, 0.2) is 54.6 Å². The summed E-state index contributed by atoms with van der Waals surface area (Å²) in [5.41, 5.74) is 2.46. The van der Waals surface area contributed by atoms with Crippen molar-refractivity contribution in [1.29, 1.82) is 0 Å². The van der Waals surface area contributed by atoms with Gasteiger partial charge in [-0.3, -0.25) is 0 Å². The molecule has 2 N–H and O–H groups in total. The van der Waals surface area contributed by atoms with Gasteiger partial charge in [0.25, 0.3) is 0 Å². The minimum atomic E-state index is 0.326. The summed E-state index contributed by atoms with van der Waals surface area (Å²) >= 11 is 0. The molecule has 2 rings (SSSR count). The van der Waals surface area contributed by atoms with Gasteiger partial charge < -0.3 is 15.2 Å². The fourth-order valence-corrected chi connectivity index (χ4v) is 2.45. The van der Waals surface area contributed by atoms with Crippen LogP contribution in [0, 0.1) is 0 Å². The third-order valence-electron chi connectivity index (χ3n) is 3.54. The lowest BCUT2D eigenvalue weighted by molar-refractivity contribution is 0.199. The Morgan fingerprint density at radius 1 is 1.10 bits per heavy atom. The Bertz CT molecular complexity index is 528. The van der Waals surface area contributed by atoms with E-state index in [2.05, 4.69) is 35.6 Å². The molecule has 0 aliphatic carbocycles. The minimum Gasteiger partial charge on any atom is -0.508 e. The normalized spacial score (nSPS) is 12.2. The maximum absolute atomic E-state index is 9.61. The molecule has 1 unspecified atom stereocenters. The highest BCUT2D eigenvalue weighted by molar-refractivity contribution is 5.30. The van der Waals surface area contributed by atoms with Gasteiger partial charge >= 0.3 is 0 Å². The molecule has 0 amide bonds. The number of nitrogens with one attached hydrogen (secondary N) is 1. The Morgan fingerprint density at radius 3 is 2.62 bits per heavy atom. The average Bonchev–Trinajstić information content (AvgIpc) is 2.51. The Kier molecular flexibility index (Phi) is 6.25. The van der Waals surface area contributed by atoms with Gasteiger partial charge in [0.2, 0.25) is 0 Å². The van der Waals surface area contributed by atoms with E-state index in [1.165, 1.54) is 5.56 Å². The van der Waals surface area contributed by atoms with Gasteiger partial charge in [0, 0.05) is 26.1 Å². The van der Waals surface area contributed by atoms with E-state index in [-0.39, 0.29) is 0 Å². The van der Waals surface area contributed by atoms with Gasteiger partial charge in [0.05, 0.1) is 6.61 Å². The van der Waals surface area contributed by atoms with Gasteiger partial charge in [-0.25, -0.2) is 0 Å². The van der Waals surface area contributed by atoms with Crippen LogP contribution in [0.1, 0.15) is 17.0 Å². The van der Waals surface area contributed by atoms with Crippen LogP contribution in [0.2, 0.25) is 0 Å². The number of phenolic OH excluding ortho intramolecular Hbond substituents is 1. The lowest BCUT2D eigenvalue weighted by atomic mass is 9.92. The highest BCUT2D eigenvalue weighted by Crippen LogP contribution is 2.22. The van der Waals surface area contributed by atoms with E-state index >= 15 is 0 Å². The fourth-order valence-electron chi connectivity index (χ4n) is 2.45. The number of benzene rings is 2. The van der Waals surface area contributed by atoms with E-state index in [0.29, 0.717) is 18.3 Å². The maximum Gasteiger partial charge on any atom is 0.115 e. The molecule has 0 bridgehead atoms. The zero-order valence-electron chi connectivity index (χ0n) is 12.5. The van der Waals surface area contributed by atoms with Crippen molar-refractivity contribution in [3.8, 4) is 5.75 Å². The highest BCUT2D eigenvalue weighted by Gasteiger charge is 2.12. The summed E-state index contributed by atoms with van der Waals surface area (Å²) in [6, 6.07) is 18.0. The molecule has 0 aliphatic rings. The van der Waals surface area contributed by atoms with Crippen molar-refractivity contribution in [3.05, 3.63) is 65.7 Å². The molecule has 3 nitrogen and oxygen atoms in total. The summed E-state index contributed by atoms with van der Waals surface area (Å²) in [5, 5.41) is 13.0. The van der Waals surface area contributed by atoms with E-state index in [1.807, 2.05) is 18.2 Å². The first-order valence-electron chi connectivity index (χ1n) is 7.32. The third-order valence-corrected chi connectivity index (χ3v) is 3.54. The van der Waals surface area contributed by atoms with Crippen LogP contribution >= 0.6 is 0 Å². The Labute approximate surface area is 126 Å². The molecule has 1 atom stereocenters. The van der Waals surface area contributed by atoms with Crippen LogP contribution in [-0.4, -0.2) is 31.9 Å². The van der Waals surface area contributed by atoms with E-state index in [0.717, 1.165) is 25.1 Å². The van der Waals surface area contributed by atoms with Crippen molar-refractivity contribution in [1.82, 2.24) is 5.32 Å². The van der Waals surface area contributed by atoms with E-state index in [1.54, 1.807) is 13.2 Å². The molecule has 2 aromatic rings. The molecule has 0 aliphatic heterocycles. The van der Waals surface area contributed by atoms with Crippen molar-refractivity contribution >= 4 is 0 Å². The number of hydrogen-bond donors (Lipinski definition) is 2. The summed E-state index contributed by atoms with van der Waals surface area (Å²) in [6.45, 7) is 2.45. The first kappa shape index (κ1) is 15.5. The first-order valence-corrected chi connectivity index (χ1v) is 7.32. The third kappa shape index (κ3) is 5.21. The summed E-state index contributed by atoms with van der Waals surface area (Å²) in [5.74, 6) is 0.705. The van der Waals surface area contributed by atoms with Gasteiger partial charge in [-0.15, -0.1) is 0 Å². The smallest absolute Gasteiger partial charge is 0.115 e. The van der Waals surface area contributed by atoms with E-state index in [4.69, 9.17) is 4.74 Å². The summed E-state index contributed by atoms with van der Waals surface area (Å²) < 4.78 is 5.07. The van der Waals surface area contributed by atoms with Gasteiger partial charge in [-0.1, -0.05) is 42.5 Å². The van der Waals surface area contributed by atoms with Gasteiger partial charge in [0.1, 0.15) is 5.75 Å².